The van der Waals surface area contributed by atoms with Crippen molar-refractivity contribution in [2.45, 2.75) is 11.4 Å². The summed E-state index contributed by atoms with van der Waals surface area (Å²) >= 11 is 5.79. The second-order valence-corrected chi connectivity index (χ2v) is 6.13. The zero-order chi connectivity index (χ0) is 13.2. The van der Waals surface area contributed by atoms with Gasteiger partial charge in [0.2, 0.25) is 10.0 Å². The summed E-state index contributed by atoms with van der Waals surface area (Å²) in [7, 11) is -2.11. The topological polar surface area (TPSA) is 79.0 Å². The van der Waals surface area contributed by atoms with Gasteiger partial charge in [-0.15, -0.1) is 0 Å². The van der Waals surface area contributed by atoms with Gasteiger partial charge in [-0.2, -0.15) is 9.40 Å². The Labute approximate surface area is 110 Å². The van der Waals surface area contributed by atoms with E-state index in [0.29, 0.717) is 10.8 Å². The minimum Gasteiger partial charge on any atom is -0.262 e. The number of rotatable bonds is 4. The van der Waals surface area contributed by atoms with Gasteiger partial charge in [0.1, 0.15) is 12.2 Å². The van der Waals surface area contributed by atoms with E-state index in [1.807, 2.05) is 0 Å². The molecule has 0 aliphatic carbocycles. The smallest absolute Gasteiger partial charge is 0.243 e. The normalized spacial score (nSPS) is 11.9. The van der Waals surface area contributed by atoms with Crippen molar-refractivity contribution in [1.29, 1.82) is 0 Å². The van der Waals surface area contributed by atoms with Crippen molar-refractivity contribution in [3.8, 4) is 0 Å². The maximum absolute atomic E-state index is 12.2. The van der Waals surface area contributed by atoms with Crippen molar-refractivity contribution in [2.24, 2.45) is 0 Å². The van der Waals surface area contributed by atoms with E-state index in [2.05, 4.69) is 15.2 Å². The quantitative estimate of drug-likeness (QED) is 0.918. The fraction of sp³-hybridized carbons (Fsp3) is 0.200. The van der Waals surface area contributed by atoms with Gasteiger partial charge in [0.05, 0.1) is 11.4 Å². The van der Waals surface area contributed by atoms with Crippen molar-refractivity contribution in [3.63, 3.8) is 0 Å². The molecule has 18 heavy (non-hydrogen) atoms. The van der Waals surface area contributed by atoms with Gasteiger partial charge >= 0.3 is 0 Å². The fourth-order valence-corrected chi connectivity index (χ4v) is 2.84. The van der Waals surface area contributed by atoms with Crippen LogP contribution in [0.4, 0.5) is 0 Å². The lowest BCUT2D eigenvalue weighted by atomic mass is 10.4. The Hall–Kier alpha value is -1.44. The molecule has 0 amide bonds. The number of hydrogen-bond donors (Lipinski definition) is 1. The molecule has 1 aromatic carbocycles. The van der Waals surface area contributed by atoms with Crippen LogP contribution in [0.1, 0.15) is 5.82 Å². The highest BCUT2D eigenvalue weighted by Gasteiger charge is 2.21. The fourth-order valence-electron chi connectivity index (χ4n) is 1.41. The highest BCUT2D eigenvalue weighted by molar-refractivity contribution is 7.89. The Balaban J connectivity index is 2.25. The molecule has 8 heteroatoms. The van der Waals surface area contributed by atoms with Crippen molar-refractivity contribution >= 4 is 21.6 Å². The van der Waals surface area contributed by atoms with Crippen LogP contribution in [0.25, 0.3) is 0 Å². The summed E-state index contributed by atoms with van der Waals surface area (Å²) in [6, 6.07) is 6.13. The first kappa shape index (κ1) is 13.0. The van der Waals surface area contributed by atoms with Gasteiger partial charge in [0.25, 0.3) is 0 Å². The molecule has 0 radical (unpaired) electrons. The number of halogens is 1. The molecule has 6 nitrogen and oxygen atoms in total. The van der Waals surface area contributed by atoms with E-state index < -0.39 is 10.0 Å². The molecular formula is C10H11ClN4O2S. The van der Waals surface area contributed by atoms with Gasteiger partial charge in [-0.25, -0.2) is 13.4 Å². The van der Waals surface area contributed by atoms with Crippen LogP contribution in [-0.4, -0.2) is 35.0 Å². The van der Waals surface area contributed by atoms with Crippen LogP contribution in [0.15, 0.2) is 35.5 Å². The molecule has 2 rings (SSSR count). The number of nitrogens with zero attached hydrogens (tertiary/aromatic N) is 3. The summed E-state index contributed by atoms with van der Waals surface area (Å²) in [5, 5.41) is 6.65. The average molecular weight is 287 g/mol. The lowest BCUT2D eigenvalue weighted by molar-refractivity contribution is 0.457. The Bertz CT molecular complexity index is 627. The zero-order valence-electron chi connectivity index (χ0n) is 9.54. The predicted octanol–water partition coefficient (Wildman–Crippen LogP) is 1.28. The third-order valence-electron chi connectivity index (χ3n) is 2.34. The molecule has 0 atom stereocenters. The van der Waals surface area contributed by atoms with Crippen LogP contribution in [0.2, 0.25) is 5.02 Å². The molecule has 0 aliphatic heterocycles. The number of aromatic amines is 1. The molecule has 0 fully saturated rings. The van der Waals surface area contributed by atoms with Crippen LogP contribution >= 0.6 is 11.6 Å². The number of sulfonamides is 1. The maximum atomic E-state index is 12.2. The Morgan fingerprint density at radius 3 is 2.83 bits per heavy atom. The largest absolute Gasteiger partial charge is 0.262 e. The minimum absolute atomic E-state index is 0.120. The summed E-state index contributed by atoms with van der Waals surface area (Å²) in [6.07, 6.45) is 1.33. The number of hydrogen-bond acceptors (Lipinski definition) is 4. The van der Waals surface area contributed by atoms with Gasteiger partial charge in [0, 0.05) is 12.1 Å². The molecule has 1 aromatic heterocycles. The molecule has 0 saturated heterocycles. The van der Waals surface area contributed by atoms with E-state index in [-0.39, 0.29) is 11.4 Å². The highest BCUT2D eigenvalue weighted by atomic mass is 35.5. The van der Waals surface area contributed by atoms with E-state index in [1.54, 1.807) is 12.1 Å². The van der Waals surface area contributed by atoms with Crippen molar-refractivity contribution in [2.75, 3.05) is 7.05 Å². The third-order valence-corrected chi connectivity index (χ3v) is 4.38. The molecule has 0 saturated carbocycles. The van der Waals surface area contributed by atoms with Gasteiger partial charge < -0.3 is 0 Å². The Morgan fingerprint density at radius 1 is 1.44 bits per heavy atom. The first-order valence-electron chi connectivity index (χ1n) is 5.06. The first-order chi connectivity index (χ1) is 8.50. The summed E-state index contributed by atoms with van der Waals surface area (Å²) in [4.78, 5) is 4.03. The molecule has 1 heterocycles. The van der Waals surface area contributed by atoms with E-state index in [0.717, 1.165) is 0 Å². The predicted molar refractivity (Wildman–Crippen MR) is 66.5 cm³/mol. The molecule has 1 N–H and O–H groups in total. The van der Waals surface area contributed by atoms with Crippen molar-refractivity contribution in [3.05, 3.63) is 41.4 Å². The van der Waals surface area contributed by atoms with Gasteiger partial charge in [-0.3, -0.25) is 5.10 Å². The van der Waals surface area contributed by atoms with Gasteiger partial charge in [-0.1, -0.05) is 17.7 Å². The summed E-state index contributed by atoms with van der Waals surface area (Å²) in [5.41, 5.74) is 0. The second-order valence-electron chi connectivity index (χ2n) is 3.65. The molecular weight excluding hydrogens is 276 g/mol. The first-order valence-corrected chi connectivity index (χ1v) is 6.88. The Morgan fingerprint density at radius 2 is 2.22 bits per heavy atom. The second kappa shape index (κ2) is 5.05. The van der Waals surface area contributed by atoms with Crippen molar-refractivity contribution < 1.29 is 8.42 Å². The van der Waals surface area contributed by atoms with E-state index in [9.17, 15) is 8.42 Å². The number of nitrogens with one attached hydrogen (secondary N) is 1. The number of benzene rings is 1. The van der Waals surface area contributed by atoms with Crippen molar-refractivity contribution in [1.82, 2.24) is 19.5 Å². The zero-order valence-corrected chi connectivity index (χ0v) is 11.1. The SMILES string of the molecule is CN(Cc1ncn[nH]1)S(=O)(=O)c1cccc(Cl)c1. The maximum Gasteiger partial charge on any atom is 0.243 e. The van der Waals surface area contributed by atoms with Gasteiger partial charge in [-0.05, 0) is 18.2 Å². The Kier molecular flexibility index (Phi) is 3.65. The molecule has 0 unspecified atom stereocenters. The lowest BCUT2D eigenvalue weighted by Crippen LogP contribution is -2.27. The molecule has 0 bridgehead atoms. The van der Waals surface area contributed by atoms with Crippen LogP contribution in [-0.2, 0) is 16.6 Å². The van der Waals surface area contributed by atoms with Gasteiger partial charge in [0.15, 0.2) is 0 Å². The van der Waals surface area contributed by atoms with E-state index >= 15 is 0 Å². The van der Waals surface area contributed by atoms with Crippen LogP contribution in [0.3, 0.4) is 0 Å². The highest BCUT2D eigenvalue weighted by Crippen LogP contribution is 2.19. The summed E-state index contributed by atoms with van der Waals surface area (Å²) in [5.74, 6) is 0.475. The van der Waals surface area contributed by atoms with Crippen LogP contribution in [0.5, 0.6) is 0 Å². The number of aromatic nitrogens is 3. The molecule has 0 aliphatic rings. The molecule has 96 valence electrons. The monoisotopic (exact) mass is 286 g/mol. The molecule has 0 spiro atoms. The number of H-pyrrole nitrogens is 1. The van der Waals surface area contributed by atoms with Crippen LogP contribution in [0, 0.1) is 0 Å². The van der Waals surface area contributed by atoms with Crippen LogP contribution < -0.4 is 0 Å². The van der Waals surface area contributed by atoms with E-state index in [1.165, 1.54) is 29.8 Å². The third kappa shape index (κ3) is 2.69. The summed E-state index contributed by atoms with van der Waals surface area (Å²) < 4.78 is 25.6. The summed E-state index contributed by atoms with van der Waals surface area (Å²) in [6.45, 7) is 0.120. The van der Waals surface area contributed by atoms with E-state index in [4.69, 9.17) is 11.6 Å². The standard InChI is InChI=1S/C10H11ClN4O2S/c1-15(6-10-12-7-13-14-10)18(16,17)9-4-2-3-8(11)5-9/h2-5,7H,6H2,1H3,(H,12,13,14). The minimum atomic E-state index is -3.58. The average Bonchev–Trinajstić information content (AvgIpc) is 2.81. The molecule has 2 aromatic rings. The lowest BCUT2D eigenvalue weighted by Gasteiger charge is -2.15.